The Kier molecular flexibility index (Phi) is 9.57. The van der Waals surface area contributed by atoms with Gasteiger partial charge in [-0.25, -0.2) is 0 Å². The normalized spacial score (nSPS) is 28.4. The second-order valence-corrected chi connectivity index (χ2v) is 21.7. The molecule has 8 atom stereocenters. The lowest BCUT2D eigenvalue weighted by Crippen LogP contribution is -2.47. The average Bonchev–Trinajstić information content (AvgIpc) is 3.93. The minimum Gasteiger partial charge on any atom is -0.337 e. The van der Waals surface area contributed by atoms with Gasteiger partial charge in [0.15, 0.2) is 0 Å². The molecule has 0 saturated carbocycles. The Morgan fingerprint density at radius 2 is 1.07 bits per heavy atom. The van der Waals surface area contributed by atoms with E-state index in [-0.39, 0.29) is 41.3 Å². The summed E-state index contributed by atoms with van der Waals surface area (Å²) in [4.78, 5) is 8.11. The Morgan fingerprint density at radius 1 is 0.500 bits per heavy atom. The molecule has 0 radical (unpaired) electrons. The fourth-order valence-electron chi connectivity index (χ4n) is 14.0. The van der Waals surface area contributed by atoms with Crippen LogP contribution in [0.1, 0.15) is 91.2 Å². The van der Waals surface area contributed by atoms with Crippen LogP contribution in [-0.2, 0) is 5.41 Å². The van der Waals surface area contributed by atoms with Crippen molar-refractivity contribution in [1.82, 2.24) is 0 Å². The number of hydrogen-bond acceptors (Lipinski definition) is 3. The van der Waals surface area contributed by atoms with Crippen molar-refractivity contribution in [2.24, 2.45) is 11.8 Å². The molecule has 6 aliphatic carbocycles. The van der Waals surface area contributed by atoms with Crippen molar-refractivity contribution in [3.63, 3.8) is 0 Å². The van der Waals surface area contributed by atoms with Crippen LogP contribution in [0.3, 0.4) is 0 Å². The number of fused-ring (bicyclic) bond motifs is 10. The molecule has 0 saturated heterocycles. The van der Waals surface area contributed by atoms with Crippen LogP contribution in [0.4, 0.5) is 22.7 Å². The molecule has 14 rings (SSSR count). The Labute approximate surface area is 414 Å². The molecule has 3 heterocycles. The Hall–Kier alpha value is -7.36. The van der Waals surface area contributed by atoms with Crippen molar-refractivity contribution in [2.45, 2.75) is 81.3 Å². The molecule has 5 aromatic carbocycles. The highest BCUT2D eigenvalue weighted by atomic mass is 15.2. The van der Waals surface area contributed by atoms with Gasteiger partial charge in [0, 0.05) is 81.3 Å². The number of hydrogen-bond donors (Lipinski definition) is 0. The summed E-state index contributed by atoms with van der Waals surface area (Å²) in [6.45, 7) is 6.90. The number of para-hydroxylation sites is 3. The zero-order valence-electron chi connectivity index (χ0n) is 40.4. The first-order valence-corrected chi connectivity index (χ1v) is 25.8. The molecule has 0 amide bonds. The van der Waals surface area contributed by atoms with Gasteiger partial charge in [-0.15, -0.1) is 0 Å². The third-order valence-electron chi connectivity index (χ3n) is 17.0. The van der Waals surface area contributed by atoms with E-state index in [1.807, 2.05) is 0 Å². The molecule has 9 aliphatic rings. The van der Waals surface area contributed by atoms with Crippen molar-refractivity contribution in [1.29, 1.82) is 0 Å². The van der Waals surface area contributed by atoms with Crippen molar-refractivity contribution in [2.75, 3.05) is 14.7 Å². The van der Waals surface area contributed by atoms with Gasteiger partial charge in [-0.05, 0) is 99.7 Å². The van der Waals surface area contributed by atoms with Crippen LogP contribution >= 0.6 is 0 Å². The lowest BCUT2D eigenvalue weighted by molar-refractivity contribution is 0.589. The molecule has 3 nitrogen and oxygen atoms in total. The van der Waals surface area contributed by atoms with Gasteiger partial charge in [-0.2, -0.15) is 0 Å². The minimum atomic E-state index is 0.0845. The summed E-state index contributed by atoms with van der Waals surface area (Å²) >= 11 is 0. The summed E-state index contributed by atoms with van der Waals surface area (Å²) in [5, 5.41) is 0. The zero-order valence-corrected chi connectivity index (χ0v) is 40.4. The molecular formula is C67H59N3. The lowest BCUT2D eigenvalue weighted by Gasteiger charge is -2.50. The largest absolute Gasteiger partial charge is 0.337 e. The van der Waals surface area contributed by atoms with Gasteiger partial charge in [-0.3, -0.25) is 0 Å². The third kappa shape index (κ3) is 6.33. The quantitative estimate of drug-likeness (QED) is 0.178. The zero-order chi connectivity index (χ0) is 46.7. The maximum Gasteiger partial charge on any atom is 0.0629 e. The molecule has 0 fully saturated rings. The van der Waals surface area contributed by atoms with Gasteiger partial charge < -0.3 is 14.7 Å². The molecule has 0 aromatic heterocycles. The summed E-state index contributed by atoms with van der Waals surface area (Å²) in [5.74, 6) is 1.26. The molecular weight excluding hydrogens is 847 g/mol. The summed E-state index contributed by atoms with van der Waals surface area (Å²) in [7, 11) is 0. The number of anilines is 4. The van der Waals surface area contributed by atoms with Crippen LogP contribution in [0.2, 0.25) is 0 Å². The minimum absolute atomic E-state index is 0.0845. The average molecular weight is 906 g/mol. The first-order valence-electron chi connectivity index (χ1n) is 25.8. The predicted octanol–water partition coefficient (Wildman–Crippen LogP) is 15.9. The molecule has 8 unspecified atom stereocenters. The van der Waals surface area contributed by atoms with Crippen molar-refractivity contribution < 1.29 is 0 Å². The van der Waals surface area contributed by atoms with Crippen LogP contribution < -0.4 is 14.7 Å². The van der Waals surface area contributed by atoms with Crippen molar-refractivity contribution >= 4 is 33.9 Å². The molecule has 70 heavy (non-hydrogen) atoms. The van der Waals surface area contributed by atoms with Crippen LogP contribution in [-0.4, -0.2) is 18.1 Å². The number of benzene rings is 5. The van der Waals surface area contributed by atoms with E-state index >= 15 is 0 Å². The van der Waals surface area contributed by atoms with Gasteiger partial charge in [-0.1, -0.05) is 202 Å². The summed E-state index contributed by atoms with van der Waals surface area (Å²) in [6.07, 6.45) is 41.6. The molecule has 3 heteroatoms. The highest BCUT2D eigenvalue weighted by Crippen LogP contribution is 2.59. The molecule has 3 aliphatic heterocycles. The fourth-order valence-corrected chi connectivity index (χ4v) is 14.0. The number of nitrogens with zero attached hydrogens (tertiary/aromatic N) is 3. The maximum atomic E-state index is 2.78. The van der Waals surface area contributed by atoms with Crippen LogP contribution in [0.15, 0.2) is 241 Å². The van der Waals surface area contributed by atoms with Gasteiger partial charge in [0.2, 0.25) is 0 Å². The Bertz CT molecular complexity index is 3350. The SMILES string of the molecule is CC(C)(C)c1ccc(N2c3ccccc3/C(=C3/c4ccccc4N(C4=CC(C5C6=CC=CCC6c6ccccc65)=CC(N5C6=CC=CCC6c6ccccc65)C4)C4C=CC=CC34)C3C=CC=CC32)cc1. The second-order valence-electron chi connectivity index (χ2n) is 21.7. The van der Waals surface area contributed by atoms with E-state index < -0.39 is 0 Å². The summed E-state index contributed by atoms with van der Waals surface area (Å²) in [6, 6.07) is 46.9. The first kappa shape index (κ1) is 41.6. The standard InChI is InChI=1S/C67H59N3/c1-67(2,3)44-36-38-45(39-37-44)68-60-32-16-10-26-54(60)65(55-27-11-17-33-61(55)68)66-56-28-12-18-34-62(56)70(63-35-19-13-29-57(63)66)47-41-43(64-52-24-6-4-20-48(52)49-21-5-7-25-53(49)64)40-46(42-47)69-58-30-14-8-22-50(58)51-23-9-15-31-59(51)69/h4-20,22,24-41,46,49,51,54,56,60,62,64H,21,23,42H2,1-3H3/b66-65+. The number of allylic oxidation sites excluding steroid dienone is 14. The maximum absolute atomic E-state index is 2.78. The highest BCUT2D eigenvalue weighted by molar-refractivity contribution is 6.04. The first-order chi connectivity index (χ1) is 34.4. The molecule has 0 N–H and O–H groups in total. The summed E-state index contributed by atoms with van der Waals surface area (Å²) in [5.41, 5.74) is 22.4. The monoisotopic (exact) mass is 905 g/mol. The molecule has 0 spiro atoms. The van der Waals surface area contributed by atoms with Crippen molar-refractivity contribution in [3.05, 3.63) is 274 Å². The van der Waals surface area contributed by atoms with Gasteiger partial charge in [0.1, 0.15) is 0 Å². The van der Waals surface area contributed by atoms with Gasteiger partial charge in [0.25, 0.3) is 0 Å². The predicted molar refractivity (Wildman–Crippen MR) is 292 cm³/mol. The number of rotatable bonds is 4. The molecule has 0 bridgehead atoms. The topological polar surface area (TPSA) is 9.72 Å². The van der Waals surface area contributed by atoms with Gasteiger partial charge >= 0.3 is 0 Å². The van der Waals surface area contributed by atoms with E-state index in [1.165, 1.54) is 89.8 Å². The van der Waals surface area contributed by atoms with Crippen molar-refractivity contribution in [3.8, 4) is 0 Å². The Morgan fingerprint density at radius 3 is 1.77 bits per heavy atom. The summed E-state index contributed by atoms with van der Waals surface area (Å²) < 4.78 is 0. The van der Waals surface area contributed by atoms with E-state index in [9.17, 15) is 0 Å². The Balaban J connectivity index is 0.957. The van der Waals surface area contributed by atoms with Crippen LogP contribution in [0.5, 0.6) is 0 Å². The van der Waals surface area contributed by atoms with Crippen LogP contribution in [0.25, 0.3) is 11.1 Å². The molecule has 342 valence electrons. The van der Waals surface area contributed by atoms with E-state index in [4.69, 9.17) is 0 Å². The van der Waals surface area contributed by atoms with E-state index in [2.05, 4.69) is 254 Å². The molecule has 5 aromatic rings. The van der Waals surface area contributed by atoms with Crippen LogP contribution in [0, 0.1) is 11.8 Å². The second kappa shape index (κ2) is 16.1. The third-order valence-corrected chi connectivity index (χ3v) is 17.0. The fraction of sp³-hybridized carbons (Fsp3) is 0.224. The van der Waals surface area contributed by atoms with E-state index in [0.717, 1.165) is 19.3 Å². The van der Waals surface area contributed by atoms with E-state index in [0.29, 0.717) is 11.8 Å². The van der Waals surface area contributed by atoms with E-state index in [1.54, 1.807) is 0 Å². The highest BCUT2D eigenvalue weighted by Gasteiger charge is 2.47. The smallest absolute Gasteiger partial charge is 0.0629 e. The van der Waals surface area contributed by atoms with Gasteiger partial charge in [0.05, 0.1) is 18.1 Å². The lowest BCUT2D eigenvalue weighted by atomic mass is 9.69.